The van der Waals surface area contributed by atoms with Gasteiger partial charge in [-0.25, -0.2) is 0 Å². The van der Waals surface area contributed by atoms with Crippen LogP contribution in [0.5, 0.6) is 11.5 Å². The molecular weight excluding hydrogens is 334 g/mol. The first kappa shape index (κ1) is 17.1. The van der Waals surface area contributed by atoms with Crippen LogP contribution in [-0.4, -0.2) is 23.9 Å². The maximum absolute atomic E-state index is 13.1. The highest BCUT2D eigenvalue weighted by atomic mass is 16.5. The van der Waals surface area contributed by atoms with Crippen molar-refractivity contribution >= 4 is 11.5 Å². The van der Waals surface area contributed by atoms with E-state index in [2.05, 4.69) is 18.2 Å². The second-order valence-corrected chi connectivity index (χ2v) is 6.51. The third-order valence-corrected chi connectivity index (χ3v) is 4.73. The Morgan fingerprint density at radius 3 is 2.19 bits per heavy atom. The smallest absolute Gasteiger partial charge is 0.257 e. The highest BCUT2D eigenvalue weighted by molar-refractivity contribution is 5.97. The van der Waals surface area contributed by atoms with Gasteiger partial charge in [0.2, 0.25) is 0 Å². The predicted octanol–water partition coefficient (Wildman–Crippen LogP) is 5.41. The molecule has 3 aromatic rings. The minimum Gasteiger partial charge on any atom is -0.457 e. The average molecular weight is 355 g/mol. The molecule has 3 aromatic carbocycles. The predicted molar refractivity (Wildman–Crippen MR) is 108 cm³/mol. The van der Waals surface area contributed by atoms with Gasteiger partial charge in [0.15, 0.2) is 0 Å². The molecule has 0 aliphatic carbocycles. The van der Waals surface area contributed by atoms with Crippen LogP contribution in [0.1, 0.15) is 22.3 Å². The van der Waals surface area contributed by atoms with E-state index in [0.717, 1.165) is 12.2 Å². The summed E-state index contributed by atoms with van der Waals surface area (Å²) >= 11 is 0. The zero-order valence-corrected chi connectivity index (χ0v) is 15.0. The van der Waals surface area contributed by atoms with E-state index in [4.69, 9.17) is 4.74 Å². The fourth-order valence-electron chi connectivity index (χ4n) is 3.29. The summed E-state index contributed by atoms with van der Waals surface area (Å²) in [5.41, 5.74) is 3.13. The standard InChI is InChI=1S/C24H21NO2/c26-24(25-17-15-20(16-18-25)19-9-3-1-4-10-19)22-13-7-8-14-23(22)27-21-11-5-2-6-12-21/h1-15H,16-18H2. The zero-order chi connectivity index (χ0) is 18.5. The van der Waals surface area contributed by atoms with Crippen LogP contribution in [0.4, 0.5) is 0 Å². The Morgan fingerprint density at radius 1 is 0.815 bits per heavy atom. The third kappa shape index (κ3) is 3.93. The van der Waals surface area contributed by atoms with E-state index >= 15 is 0 Å². The molecule has 0 unspecified atom stereocenters. The Labute approximate surface area is 159 Å². The topological polar surface area (TPSA) is 29.5 Å². The fourth-order valence-corrected chi connectivity index (χ4v) is 3.29. The van der Waals surface area contributed by atoms with Gasteiger partial charge in [0.1, 0.15) is 11.5 Å². The summed E-state index contributed by atoms with van der Waals surface area (Å²) in [7, 11) is 0. The summed E-state index contributed by atoms with van der Waals surface area (Å²) < 4.78 is 5.95. The normalized spacial score (nSPS) is 13.8. The van der Waals surface area contributed by atoms with Gasteiger partial charge in [-0.15, -0.1) is 0 Å². The van der Waals surface area contributed by atoms with Gasteiger partial charge in [-0.05, 0) is 41.8 Å². The number of amides is 1. The molecule has 0 saturated carbocycles. The van der Waals surface area contributed by atoms with Crippen molar-refractivity contribution in [3.8, 4) is 11.5 Å². The van der Waals surface area contributed by atoms with Crippen molar-refractivity contribution in [1.82, 2.24) is 4.90 Å². The number of hydrogen-bond acceptors (Lipinski definition) is 2. The molecule has 0 radical (unpaired) electrons. The van der Waals surface area contributed by atoms with E-state index in [-0.39, 0.29) is 5.91 Å². The largest absolute Gasteiger partial charge is 0.457 e. The highest BCUT2D eigenvalue weighted by Crippen LogP contribution is 2.28. The second-order valence-electron chi connectivity index (χ2n) is 6.51. The van der Waals surface area contributed by atoms with Crippen molar-refractivity contribution in [3.63, 3.8) is 0 Å². The van der Waals surface area contributed by atoms with Gasteiger partial charge >= 0.3 is 0 Å². The fraction of sp³-hybridized carbons (Fsp3) is 0.125. The SMILES string of the molecule is O=C(c1ccccc1Oc1ccccc1)N1CC=C(c2ccccc2)CC1. The molecule has 27 heavy (non-hydrogen) atoms. The molecular formula is C24H21NO2. The number of nitrogens with zero attached hydrogens (tertiary/aromatic N) is 1. The van der Waals surface area contributed by atoms with E-state index in [9.17, 15) is 4.79 Å². The molecule has 0 bridgehead atoms. The maximum Gasteiger partial charge on any atom is 0.257 e. The maximum atomic E-state index is 13.1. The van der Waals surface area contributed by atoms with Gasteiger partial charge < -0.3 is 9.64 Å². The lowest BCUT2D eigenvalue weighted by Gasteiger charge is -2.27. The number of rotatable bonds is 4. The monoisotopic (exact) mass is 355 g/mol. The molecule has 0 aromatic heterocycles. The summed E-state index contributed by atoms with van der Waals surface area (Å²) in [6, 6.07) is 27.3. The lowest BCUT2D eigenvalue weighted by Crippen LogP contribution is -2.34. The van der Waals surface area contributed by atoms with Gasteiger partial charge in [-0.1, -0.05) is 66.7 Å². The van der Waals surface area contributed by atoms with Gasteiger partial charge in [0.05, 0.1) is 5.56 Å². The minimum atomic E-state index is 0.00453. The molecule has 0 saturated heterocycles. The Bertz CT molecular complexity index is 948. The average Bonchev–Trinajstić information content (AvgIpc) is 2.75. The number of benzene rings is 3. The molecule has 1 aliphatic rings. The molecule has 134 valence electrons. The summed E-state index contributed by atoms with van der Waals surface area (Å²) in [4.78, 5) is 14.9. The molecule has 0 fully saturated rings. The van der Waals surface area contributed by atoms with Gasteiger partial charge in [0.25, 0.3) is 5.91 Å². The van der Waals surface area contributed by atoms with Crippen LogP contribution in [-0.2, 0) is 0 Å². The lowest BCUT2D eigenvalue weighted by molar-refractivity contribution is 0.0770. The Balaban J connectivity index is 1.52. The molecule has 3 nitrogen and oxygen atoms in total. The molecule has 0 N–H and O–H groups in total. The number of carbonyl (C=O) groups is 1. The van der Waals surface area contributed by atoms with Crippen LogP contribution in [0.2, 0.25) is 0 Å². The van der Waals surface area contributed by atoms with Gasteiger partial charge in [0, 0.05) is 13.1 Å². The van der Waals surface area contributed by atoms with Crippen LogP contribution in [0.3, 0.4) is 0 Å². The van der Waals surface area contributed by atoms with E-state index in [1.165, 1.54) is 11.1 Å². The highest BCUT2D eigenvalue weighted by Gasteiger charge is 2.22. The molecule has 1 aliphatic heterocycles. The molecule has 3 heteroatoms. The van der Waals surface area contributed by atoms with Crippen molar-refractivity contribution in [1.29, 1.82) is 0 Å². The minimum absolute atomic E-state index is 0.00453. The van der Waals surface area contributed by atoms with Gasteiger partial charge in [-0.3, -0.25) is 4.79 Å². The first-order chi connectivity index (χ1) is 13.3. The third-order valence-electron chi connectivity index (χ3n) is 4.73. The van der Waals surface area contributed by atoms with Crippen molar-refractivity contribution < 1.29 is 9.53 Å². The zero-order valence-electron chi connectivity index (χ0n) is 15.0. The summed E-state index contributed by atoms with van der Waals surface area (Å²) in [5, 5.41) is 0. The Hall–Kier alpha value is -3.33. The van der Waals surface area contributed by atoms with Crippen LogP contribution >= 0.6 is 0 Å². The van der Waals surface area contributed by atoms with Crippen molar-refractivity contribution in [2.24, 2.45) is 0 Å². The summed E-state index contributed by atoms with van der Waals surface area (Å²) in [6.07, 6.45) is 3.01. The van der Waals surface area contributed by atoms with Crippen LogP contribution in [0.25, 0.3) is 5.57 Å². The molecule has 1 heterocycles. The quantitative estimate of drug-likeness (QED) is 0.626. The van der Waals surface area contributed by atoms with E-state index in [0.29, 0.717) is 24.4 Å². The van der Waals surface area contributed by atoms with Crippen LogP contribution in [0.15, 0.2) is 91.0 Å². The summed E-state index contributed by atoms with van der Waals surface area (Å²) in [5.74, 6) is 1.32. The lowest BCUT2D eigenvalue weighted by atomic mass is 9.99. The van der Waals surface area contributed by atoms with Crippen molar-refractivity contribution in [3.05, 3.63) is 102 Å². The van der Waals surface area contributed by atoms with Gasteiger partial charge in [-0.2, -0.15) is 0 Å². The Kier molecular flexibility index (Phi) is 5.01. The number of carbonyl (C=O) groups excluding carboxylic acids is 1. The van der Waals surface area contributed by atoms with E-state index in [1.54, 1.807) is 0 Å². The van der Waals surface area contributed by atoms with E-state index in [1.807, 2.05) is 77.7 Å². The first-order valence-corrected chi connectivity index (χ1v) is 9.17. The Morgan fingerprint density at radius 2 is 1.48 bits per heavy atom. The molecule has 4 rings (SSSR count). The van der Waals surface area contributed by atoms with Crippen molar-refractivity contribution in [2.45, 2.75) is 6.42 Å². The van der Waals surface area contributed by atoms with Crippen LogP contribution < -0.4 is 4.74 Å². The molecule has 0 spiro atoms. The second kappa shape index (κ2) is 7.92. The van der Waals surface area contributed by atoms with E-state index < -0.39 is 0 Å². The summed E-state index contributed by atoms with van der Waals surface area (Å²) in [6.45, 7) is 1.32. The number of ether oxygens (including phenoxy) is 1. The van der Waals surface area contributed by atoms with Crippen molar-refractivity contribution in [2.75, 3.05) is 13.1 Å². The molecule has 0 atom stereocenters. The number of para-hydroxylation sites is 2. The molecule has 1 amide bonds. The first-order valence-electron chi connectivity index (χ1n) is 9.17. The van der Waals surface area contributed by atoms with Crippen LogP contribution in [0, 0.1) is 0 Å². The number of hydrogen-bond donors (Lipinski definition) is 0.